The Morgan fingerprint density at radius 3 is 2.48 bits per heavy atom. The fourth-order valence-corrected chi connectivity index (χ4v) is 3.18. The first-order valence-corrected chi connectivity index (χ1v) is 9.08. The van der Waals surface area contributed by atoms with E-state index in [1.807, 2.05) is 32.0 Å². The predicted octanol–water partition coefficient (Wildman–Crippen LogP) is 4.33. The van der Waals surface area contributed by atoms with Gasteiger partial charge in [-0.1, -0.05) is 29.8 Å². The second-order valence-electron chi connectivity index (χ2n) is 5.95. The monoisotopic (exact) mass is 396 g/mol. The predicted molar refractivity (Wildman–Crippen MR) is 100 cm³/mol. The Labute approximate surface area is 159 Å². The zero-order chi connectivity index (χ0) is 20.0. The van der Waals surface area contributed by atoms with Gasteiger partial charge >= 0.3 is 6.18 Å². The average Bonchev–Trinajstić information content (AvgIpc) is 2.60. The van der Waals surface area contributed by atoms with Gasteiger partial charge in [-0.25, -0.2) is 0 Å². The summed E-state index contributed by atoms with van der Waals surface area (Å²) in [5, 5.41) is 4.39. The molecule has 2 aromatic carbocycles. The number of para-hydroxylation sites is 1. The maximum Gasteiger partial charge on any atom is 0.405 e. The Morgan fingerprint density at radius 2 is 1.78 bits per heavy atom. The van der Waals surface area contributed by atoms with Gasteiger partial charge in [0.1, 0.15) is 6.54 Å². The van der Waals surface area contributed by atoms with E-state index in [9.17, 15) is 22.8 Å². The van der Waals surface area contributed by atoms with Gasteiger partial charge in [0.2, 0.25) is 5.91 Å². The lowest BCUT2D eigenvalue weighted by Crippen LogP contribution is -2.34. The van der Waals surface area contributed by atoms with Crippen LogP contribution in [0.2, 0.25) is 0 Å². The average molecular weight is 396 g/mol. The van der Waals surface area contributed by atoms with Gasteiger partial charge in [0.05, 0.1) is 17.0 Å². The summed E-state index contributed by atoms with van der Waals surface area (Å²) in [6.07, 6.45) is -4.50. The molecule has 2 N–H and O–H groups in total. The molecule has 144 valence electrons. The van der Waals surface area contributed by atoms with Gasteiger partial charge < -0.3 is 10.6 Å². The third-order valence-corrected chi connectivity index (χ3v) is 4.75. The van der Waals surface area contributed by atoms with Crippen LogP contribution in [0.1, 0.15) is 21.5 Å². The van der Waals surface area contributed by atoms with Gasteiger partial charge in [-0.15, -0.1) is 11.8 Å². The first kappa shape index (κ1) is 20.8. The van der Waals surface area contributed by atoms with Crippen LogP contribution in [0.3, 0.4) is 0 Å². The van der Waals surface area contributed by atoms with Crippen molar-refractivity contribution in [1.82, 2.24) is 5.32 Å². The van der Waals surface area contributed by atoms with Gasteiger partial charge in [0.25, 0.3) is 5.91 Å². The van der Waals surface area contributed by atoms with Crippen molar-refractivity contribution >= 4 is 29.3 Å². The number of carbonyl (C=O) groups is 2. The molecule has 0 aromatic heterocycles. The maximum absolute atomic E-state index is 12.3. The minimum Gasteiger partial charge on any atom is -0.343 e. The van der Waals surface area contributed by atoms with E-state index >= 15 is 0 Å². The first-order valence-electron chi connectivity index (χ1n) is 8.09. The lowest BCUT2D eigenvalue weighted by molar-refractivity contribution is -0.123. The number of aryl methyl sites for hydroxylation is 2. The molecule has 0 aliphatic carbocycles. The Hall–Kier alpha value is -2.48. The third kappa shape index (κ3) is 6.63. The molecule has 0 atom stereocenters. The Kier molecular flexibility index (Phi) is 6.90. The molecule has 0 heterocycles. The summed E-state index contributed by atoms with van der Waals surface area (Å²) in [5.41, 5.74) is 2.27. The topological polar surface area (TPSA) is 58.2 Å². The number of nitrogens with one attached hydrogen (secondary N) is 2. The molecule has 0 aliphatic heterocycles. The van der Waals surface area contributed by atoms with Crippen LogP contribution in [-0.4, -0.2) is 30.3 Å². The van der Waals surface area contributed by atoms with Crippen molar-refractivity contribution in [1.29, 1.82) is 0 Å². The molecule has 0 saturated carbocycles. The highest BCUT2D eigenvalue weighted by molar-refractivity contribution is 8.00. The van der Waals surface area contributed by atoms with Crippen molar-refractivity contribution < 1.29 is 22.8 Å². The van der Waals surface area contributed by atoms with E-state index in [4.69, 9.17) is 0 Å². The fourth-order valence-electron chi connectivity index (χ4n) is 2.26. The summed E-state index contributed by atoms with van der Waals surface area (Å²) in [4.78, 5) is 25.2. The summed E-state index contributed by atoms with van der Waals surface area (Å²) < 4.78 is 36.8. The molecule has 2 aromatic rings. The molecule has 0 bridgehead atoms. The van der Waals surface area contributed by atoms with E-state index in [1.54, 1.807) is 11.4 Å². The number of amides is 2. The largest absolute Gasteiger partial charge is 0.405 e. The molecule has 0 saturated heterocycles. The molecule has 2 rings (SSSR count). The highest BCUT2D eigenvalue weighted by Gasteiger charge is 2.28. The van der Waals surface area contributed by atoms with Crippen molar-refractivity contribution in [3.8, 4) is 0 Å². The normalized spacial score (nSPS) is 11.1. The number of carbonyl (C=O) groups excluding carboxylic acids is 2. The van der Waals surface area contributed by atoms with E-state index in [-0.39, 0.29) is 22.9 Å². The molecule has 0 radical (unpaired) electrons. The number of alkyl halides is 3. The standard InChI is InChI=1S/C19H19F3N2O2S/c1-12-7-8-13(2)16(9-12)27-10-17(25)24-15-6-4-3-5-14(15)18(26)23-11-19(20,21)22/h3-9H,10-11H2,1-2H3,(H,23,26)(H,24,25). The molecule has 27 heavy (non-hydrogen) atoms. The van der Waals surface area contributed by atoms with E-state index < -0.39 is 18.6 Å². The lowest BCUT2D eigenvalue weighted by atomic mass is 10.1. The number of anilines is 1. The number of hydrogen-bond acceptors (Lipinski definition) is 3. The summed E-state index contributed by atoms with van der Waals surface area (Å²) in [6, 6.07) is 11.9. The van der Waals surface area contributed by atoms with Crippen molar-refractivity contribution in [3.05, 3.63) is 59.2 Å². The maximum atomic E-state index is 12.3. The molecule has 4 nitrogen and oxygen atoms in total. The van der Waals surface area contributed by atoms with Crippen LogP contribution < -0.4 is 10.6 Å². The smallest absolute Gasteiger partial charge is 0.343 e. The van der Waals surface area contributed by atoms with Crippen molar-refractivity contribution in [2.75, 3.05) is 17.6 Å². The summed E-state index contributed by atoms with van der Waals surface area (Å²) >= 11 is 1.36. The Bertz CT molecular complexity index is 838. The second-order valence-corrected chi connectivity index (χ2v) is 6.97. The lowest BCUT2D eigenvalue weighted by Gasteiger charge is -2.13. The number of rotatable bonds is 6. The molecular formula is C19H19F3N2O2S. The van der Waals surface area contributed by atoms with Crippen molar-refractivity contribution in [3.63, 3.8) is 0 Å². The van der Waals surface area contributed by atoms with Crippen LogP contribution >= 0.6 is 11.8 Å². The van der Waals surface area contributed by atoms with Crippen molar-refractivity contribution in [2.24, 2.45) is 0 Å². The molecular weight excluding hydrogens is 377 g/mol. The van der Waals surface area contributed by atoms with E-state index in [0.29, 0.717) is 0 Å². The van der Waals surface area contributed by atoms with Gasteiger partial charge in [-0.2, -0.15) is 13.2 Å². The SMILES string of the molecule is Cc1ccc(C)c(SCC(=O)Nc2ccccc2C(=O)NCC(F)(F)F)c1. The molecule has 0 aliphatic rings. The molecule has 2 amide bonds. The van der Waals surface area contributed by atoms with Crippen LogP contribution in [0.25, 0.3) is 0 Å². The minimum absolute atomic E-state index is 0.0214. The van der Waals surface area contributed by atoms with Crippen LogP contribution in [-0.2, 0) is 4.79 Å². The highest BCUT2D eigenvalue weighted by Crippen LogP contribution is 2.24. The fraction of sp³-hybridized carbons (Fsp3) is 0.263. The van der Waals surface area contributed by atoms with Crippen LogP contribution in [0.5, 0.6) is 0 Å². The van der Waals surface area contributed by atoms with E-state index in [0.717, 1.165) is 16.0 Å². The zero-order valence-corrected chi connectivity index (χ0v) is 15.6. The van der Waals surface area contributed by atoms with Gasteiger partial charge in [-0.05, 0) is 37.6 Å². The molecule has 0 unspecified atom stereocenters. The summed E-state index contributed by atoms with van der Waals surface area (Å²) in [5.74, 6) is -1.13. The summed E-state index contributed by atoms with van der Waals surface area (Å²) in [6.45, 7) is 2.47. The van der Waals surface area contributed by atoms with Crippen LogP contribution in [0.4, 0.5) is 18.9 Å². The Morgan fingerprint density at radius 1 is 1.07 bits per heavy atom. The van der Waals surface area contributed by atoms with Gasteiger partial charge in [0, 0.05) is 4.90 Å². The van der Waals surface area contributed by atoms with Gasteiger partial charge in [0.15, 0.2) is 0 Å². The third-order valence-electron chi connectivity index (χ3n) is 3.60. The number of benzene rings is 2. The highest BCUT2D eigenvalue weighted by atomic mass is 32.2. The zero-order valence-electron chi connectivity index (χ0n) is 14.8. The Balaban J connectivity index is 2.01. The molecule has 8 heteroatoms. The molecule has 0 spiro atoms. The summed E-state index contributed by atoms with van der Waals surface area (Å²) in [7, 11) is 0. The van der Waals surface area contributed by atoms with Gasteiger partial charge in [-0.3, -0.25) is 9.59 Å². The number of hydrogen-bond donors (Lipinski definition) is 2. The van der Waals surface area contributed by atoms with Crippen LogP contribution in [0.15, 0.2) is 47.4 Å². The van der Waals surface area contributed by atoms with Crippen molar-refractivity contribution in [2.45, 2.75) is 24.9 Å². The van der Waals surface area contributed by atoms with E-state index in [1.165, 1.54) is 30.0 Å². The quantitative estimate of drug-likeness (QED) is 0.715. The van der Waals surface area contributed by atoms with E-state index in [2.05, 4.69) is 5.32 Å². The second kappa shape index (κ2) is 8.94. The number of thioether (sulfide) groups is 1. The number of halogens is 3. The van der Waals surface area contributed by atoms with Crippen LogP contribution in [0, 0.1) is 13.8 Å². The first-order chi connectivity index (χ1) is 12.7. The molecule has 0 fully saturated rings. The minimum atomic E-state index is -4.50.